The van der Waals surface area contributed by atoms with E-state index in [1.54, 1.807) is 0 Å². The molecule has 0 aliphatic heterocycles. The molecule has 0 aliphatic carbocycles. The molecule has 0 rings (SSSR count). The Labute approximate surface area is 60.1 Å². The minimum absolute atomic E-state index is 0.661. The van der Waals surface area contributed by atoms with Gasteiger partial charge in [0.2, 0.25) is 0 Å². The predicted molar refractivity (Wildman–Crippen MR) is 27.5 cm³/mol. The van der Waals surface area contributed by atoms with Crippen molar-refractivity contribution in [2.45, 2.75) is 25.4 Å². The van der Waals surface area contributed by atoms with Crippen LogP contribution in [0.1, 0.15) is 6.92 Å². The van der Waals surface area contributed by atoms with Crippen LogP contribution in [-0.2, 0) is 4.74 Å². The van der Waals surface area contributed by atoms with Crippen molar-refractivity contribution in [3.63, 3.8) is 0 Å². The van der Waals surface area contributed by atoms with Crippen LogP contribution >= 0.6 is 0 Å². The first-order valence-electron chi connectivity index (χ1n) is 2.78. The number of hydrogen-bond acceptors (Lipinski definition) is 1. The molecule has 0 heterocycles. The van der Waals surface area contributed by atoms with Gasteiger partial charge in [0.25, 0.3) is 0 Å². The molecular weight excluding hydrogens is 171 g/mol. The van der Waals surface area contributed by atoms with Gasteiger partial charge in [-0.15, -0.1) is 0 Å². The summed E-state index contributed by atoms with van der Waals surface area (Å²) >= 11 is 0. The summed E-state index contributed by atoms with van der Waals surface area (Å²) in [5, 5.41) is 0. The largest absolute Gasteiger partial charge is 0.417 e. The summed E-state index contributed by atoms with van der Waals surface area (Å²) in [7, 11) is 0. The molecule has 0 bridgehead atoms. The molecule has 0 fully saturated rings. The van der Waals surface area contributed by atoms with E-state index >= 15 is 0 Å². The van der Waals surface area contributed by atoms with Gasteiger partial charge in [0.05, 0.1) is 0 Å². The molecule has 0 aromatic heterocycles. The van der Waals surface area contributed by atoms with Crippen LogP contribution in [0.5, 0.6) is 0 Å². The Balaban J connectivity index is 4.10. The fourth-order valence-corrected chi connectivity index (χ4v) is 0.555. The van der Waals surface area contributed by atoms with Crippen molar-refractivity contribution in [3.8, 4) is 0 Å². The van der Waals surface area contributed by atoms with Crippen LogP contribution in [0.4, 0.5) is 22.0 Å². The summed E-state index contributed by atoms with van der Waals surface area (Å²) in [4.78, 5) is 0. The highest BCUT2D eigenvalue weighted by atomic mass is 19.4. The molecule has 0 aliphatic rings. The Bertz CT molecular complexity index is 110. The minimum atomic E-state index is -4.85. The van der Waals surface area contributed by atoms with Crippen molar-refractivity contribution >= 4 is 0 Å². The van der Waals surface area contributed by atoms with Crippen LogP contribution < -0.4 is 0 Å². The third-order valence-electron chi connectivity index (χ3n) is 0.982. The fourth-order valence-electron chi connectivity index (χ4n) is 0.555. The molecule has 1 nitrogen and oxygen atoms in total. The monoisotopic (exact) mass is 178 g/mol. The SMILES string of the molecule is CC(F)C(OCF)C(F)(F)F. The van der Waals surface area contributed by atoms with E-state index in [0.717, 1.165) is 0 Å². The van der Waals surface area contributed by atoms with Gasteiger partial charge in [0.1, 0.15) is 6.17 Å². The maximum absolute atomic E-state index is 12.0. The summed E-state index contributed by atoms with van der Waals surface area (Å²) in [5.74, 6) is 0. The van der Waals surface area contributed by atoms with Gasteiger partial charge in [0, 0.05) is 0 Å². The van der Waals surface area contributed by atoms with E-state index < -0.39 is 25.3 Å². The molecule has 0 saturated carbocycles. The molecule has 0 aromatic carbocycles. The molecule has 2 atom stereocenters. The van der Waals surface area contributed by atoms with Crippen molar-refractivity contribution in [1.29, 1.82) is 0 Å². The van der Waals surface area contributed by atoms with Gasteiger partial charge < -0.3 is 4.74 Å². The molecule has 0 radical (unpaired) electrons. The zero-order valence-corrected chi connectivity index (χ0v) is 5.66. The second-order valence-corrected chi connectivity index (χ2v) is 1.92. The Hall–Kier alpha value is -0.390. The second kappa shape index (κ2) is 3.85. The topological polar surface area (TPSA) is 9.23 Å². The van der Waals surface area contributed by atoms with Gasteiger partial charge >= 0.3 is 6.18 Å². The van der Waals surface area contributed by atoms with E-state index in [1.807, 2.05) is 0 Å². The lowest BCUT2D eigenvalue weighted by Gasteiger charge is -2.19. The Morgan fingerprint density at radius 3 is 1.91 bits per heavy atom. The Morgan fingerprint density at radius 2 is 1.82 bits per heavy atom. The lowest BCUT2D eigenvalue weighted by Crippen LogP contribution is -2.38. The molecule has 11 heavy (non-hydrogen) atoms. The fraction of sp³-hybridized carbons (Fsp3) is 1.00. The molecule has 68 valence electrons. The number of alkyl halides is 5. The Kier molecular flexibility index (Phi) is 3.71. The van der Waals surface area contributed by atoms with Gasteiger partial charge in [-0.05, 0) is 6.92 Å². The molecular formula is C5H7F5O. The van der Waals surface area contributed by atoms with Crippen molar-refractivity contribution in [3.05, 3.63) is 0 Å². The van der Waals surface area contributed by atoms with Crippen molar-refractivity contribution in [2.24, 2.45) is 0 Å². The maximum atomic E-state index is 12.0. The third-order valence-corrected chi connectivity index (χ3v) is 0.982. The highest BCUT2D eigenvalue weighted by Gasteiger charge is 2.44. The summed E-state index contributed by atoms with van der Waals surface area (Å²) in [6, 6.07) is 0. The summed E-state index contributed by atoms with van der Waals surface area (Å²) in [6.45, 7) is -0.980. The highest BCUT2D eigenvalue weighted by molar-refractivity contribution is 4.72. The maximum Gasteiger partial charge on any atom is 0.417 e. The lowest BCUT2D eigenvalue weighted by molar-refractivity contribution is -0.244. The summed E-state index contributed by atoms with van der Waals surface area (Å²) in [5.41, 5.74) is 0. The minimum Gasteiger partial charge on any atom is -0.335 e. The van der Waals surface area contributed by atoms with E-state index in [0.29, 0.717) is 6.92 Å². The van der Waals surface area contributed by atoms with Gasteiger partial charge in [0.15, 0.2) is 13.0 Å². The zero-order chi connectivity index (χ0) is 9.07. The first kappa shape index (κ1) is 10.6. The molecule has 2 unspecified atom stereocenters. The average Bonchev–Trinajstić information content (AvgIpc) is 1.79. The van der Waals surface area contributed by atoms with E-state index in [2.05, 4.69) is 4.74 Å². The molecule has 0 saturated heterocycles. The Morgan fingerprint density at radius 1 is 1.36 bits per heavy atom. The van der Waals surface area contributed by atoms with E-state index in [4.69, 9.17) is 0 Å². The van der Waals surface area contributed by atoms with Crippen LogP contribution in [0.2, 0.25) is 0 Å². The molecule has 0 aromatic rings. The normalized spacial score (nSPS) is 18.0. The summed E-state index contributed by atoms with van der Waals surface area (Å²) < 4.78 is 61.7. The van der Waals surface area contributed by atoms with Crippen molar-refractivity contribution < 1.29 is 26.7 Å². The smallest absolute Gasteiger partial charge is 0.335 e. The number of hydrogen-bond donors (Lipinski definition) is 0. The van der Waals surface area contributed by atoms with Gasteiger partial charge in [-0.3, -0.25) is 0 Å². The number of ether oxygens (including phenoxy) is 1. The van der Waals surface area contributed by atoms with Crippen LogP contribution in [0.15, 0.2) is 0 Å². The molecule has 0 N–H and O–H groups in total. The van der Waals surface area contributed by atoms with Crippen LogP contribution in [0.3, 0.4) is 0 Å². The predicted octanol–water partition coefficient (Wildman–Crippen LogP) is 2.22. The van der Waals surface area contributed by atoms with Gasteiger partial charge in [-0.2, -0.15) is 13.2 Å². The quantitative estimate of drug-likeness (QED) is 0.602. The van der Waals surface area contributed by atoms with Crippen LogP contribution in [-0.4, -0.2) is 25.3 Å². The summed E-state index contributed by atoms with van der Waals surface area (Å²) in [6.07, 6.45) is -9.77. The molecule has 0 amide bonds. The van der Waals surface area contributed by atoms with E-state index in [9.17, 15) is 22.0 Å². The first-order chi connectivity index (χ1) is 4.89. The highest BCUT2D eigenvalue weighted by Crippen LogP contribution is 2.26. The van der Waals surface area contributed by atoms with E-state index in [1.165, 1.54) is 0 Å². The second-order valence-electron chi connectivity index (χ2n) is 1.92. The van der Waals surface area contributed by atoms with Gasteiger partial charge in [-0.25, -0.2) is 8.78 Å². The molecule has 0 spiro atoms. The lowest BCUT2D eigenvalue weighted by atomic mass is 10.2. The van der Waals surface area contributed by atoms with Gasteiger partial charge in [-0.1, -0.05) is 0 Å². The van der Waals surface area contributed by atoms with Crippen molar-refractivity contribution in [2.75, 3.05) is 6.86 Å². The van der Waals surface area contributed by atoms with Crippen molar-refractivity contribution in [1.82, 2.24) is 0 Å². The van der Waals surface area contributed by atoms with Crippen LogP contribution in [0, 0.1) is 0 Å². The third kappa shape index (κ3) is 3.50. The first-order valence-corrected chi connectivity index (χ1v) is 2.78. The van der Waals surface area contributed by atoms with E-state index in [-0.39, 0.29) is 0 Å². The average molecular weight is 178 g/mol. The van der Waals surface area contributed by atoms with Crippen LogP contribution in [0.25, 0.3) is 0 Å². The number of rotatable bonds is 3. The zero-order valence-electron chi connectivity index (χ0n) is 5.66. The number of halogens is 5. The molecule has 6 heteroatoms. The standard InChI is InChI=1S/C5H7F5O/c1-3(7)4(11-2-6)5(8,9)10/h3-4H,2H2,1H3.